The van der Waals surface area contributed by atoms with Gasteiger partial charge in [-0.2, -0.15) is 5.10 Å². The summed E-state index contributed by atoms with van der Waals surface area (Å²) in [7, 11) is 6.67. The van der Waals surface area contributed by atoms with Gasteiger partial charge in [0.15, 0.2) is 0 Å². The quantitative estimate of drug-likeness (QED) is 0.611. The number of thiazole rings is 1. The molecule has 0 spiro atoms. The predicted molar refractivity (Wildman–Crippen MR) is 108 cm³/mol. The molecule has 0 N–H and O–H groups in total. The number of aromatic nitrogens is 1. The van der Waals surface area contributed by atoms with Gasteiger partial charge in [-0.05, 0) is 42.0 Å². The highest BCUT2D eigenvalue weighted by atomic mass is 32.1. The Hall–Kier alpha value is -3.06. The molecule has 0 aliphatic rings. The first-order valence-corrected chi connectivity index (χ1v) is 9.12. The van der Waals surface area contributed by atoms with E-state index >= 15 is 0 Å². The van der Waals surface area contributed by atoms with Gasteiger partial charge in [0.05, 0.1) is 33.2 Å². The zero-order valence-electron chi connectivity index (χ0n) is 15.7. The molecule has 0 bridgehead atoms. The van der Waals surface area contributed by atoms with E-state index in [9.17, 15) is 0 Å². The molecular weight excluding hydrogens is 362 g/mol. The van der Waals surface area contributed by atoms with Crippen LogP contribution in [0.3, 0.4) is 0 Å². The second kappa shape index (κ2) is 8.55. The number of ether oxygens (including phenoxy) is 3. The second-order valence-corrected chi connectivity index (χ2v) is 6.36. The second-order valence-electron chi connectivity index (χ2n) is 5.52. The molecule has 0 aliphatic carbocycles. The van der Waals surface area contributed by atoms with Gasteiger partial charge in [-0.15, -0.1) is 11.3 Å². The Morgan fingerprint density at radius 1 is 0.926 bits per heavy atom. The molecule has 3 aromatic rings. The fourth-order valence-electron chi connectivity index (χ4n) is 2.57. The molecule has 0 aliphatic heterocycles. The first-order chi connectivity index (χ1) is 13.2. The summed E-state index contributed by atoms with van der Waals surface area (Å²) in [5, 5.41) is 6.65. The van der Waals surface area contributed by atoms with E-state index in [0.717, 1.165) is 33.1 Å². The molecule has 0 saturated carbocycles. The van der Waals surface area contributed by atoms with Crippen molar-refractivity contribution in [3.05, 3.63) is 58.2 Å². The number of nitrogens with zero attached hydrogens (tertiary/aromatic N) is 3. The van der Waals surface area contributed by atoms with Crippen LogP contribution in [0.4, 0.5) is 0 Å². The van der Waals surface area contributed by atoms with Gasteiger partial charge in [-0.25, -0.2) is 4.68 Å². The summed E-state index contributed by atoms with van der Waals surface area (Å²) < 4.78 is 17.8. The molecule has 0 saturated heterocycles. The molecule has 1 heterocycles. The maximum atomic E-state index is 5.54. The first kappa shape index (κ1) is 18.7. The zero-order chi connectivity index (χ0) is 19.2. The van der Waals surface area contributed by atoms with E-state index < -0.39 is 0 Å². The lowest BCUT2D eigenvalue weighted by molar-refractivity contribution is 0.395. The van der Waals surface area contributed by atoms with E-state index in [1.165, 1.54) is 11.3 Å². The minimum atomic E-state index is 0.711. The molecule has 2 aromatic carbocycles. The van der Waals surface area contributed by atoms with Crippen LogP contribution in [-0.4, -0.2) is 39.3 Å². The monoisotopic (exact) mass is 383 g/mol. The Labute approximate surface area is 162 Å². The smallest absolute Gasteiger partial charge is 0.205 e. The maximum Gasteiger partial charge on any atom is 0.205 e. The Morgan fingerprint density at radius 3 is 2.26 bits per heavy atom. The zero-order valence-corrected chi connectivity index (χ0v) is 16.5. The molecule has 3 rings (SSSR count). The summed E-state index contributed by atoms with van der Waals surface area (Å²) in [5.41, 5.74) is 2.77. The van der Waals surface area contributed by atoms with Crippen LogP contribution in [0.1, 0.15) is 5.56 Å². The largest absolute Gasteiger partial charge is 0.497 e. The van der Waals surface area contributed by atoms with Crippen molar-refractivity contribution in [2.24, 2.45) is 10.1 Å². The van der Waals surface area contributed by atoms with Crippen LogP contribution in [-0.2, 0) is 0 Å². The van der Waals surface area contributed by atoms with E-state index in [0.29, 0.717) is 5.75 Å². The third kappa shape index (κ3) is 4.03. The summed E-state index contributed by atoms with van der Waals surface area (Å²) in [4.78, 5) is 5.11. The van der Waals surface area contributed by atoms with Crippen molar-refractivity contribution in [1.29, 1.82) is 0 Å². The van der Waals surface area contributed by atoms with E-state index in [1.807, 2.05) is 47.8 Å². The van der Waals surface area contributed by atoms with Crippen LogP contribution in [0.2, 0.25) is 0 Å². The molecule has 7 heteroatoms. The molecule has 6 nitrogen and oxygen atoms in total. The van der Waals surface area contributed by atoms with Crippen molar-refractivity contribution >= 4 is 17.6 Å². The summed E-state index contributed by atoms with van der Waals surface area (Å²) in [5.74, 6) is 2.26. The Bertz CT molecular complexity index is 1000. The van der Waals surface area contributed by atoms with Crippen LogP contribution in [0.5, 0.6) is 17.2 Å². The number of hydrogen-bond acceptors (Lipinski definition) is 6. The third-order valence-corrected chi connectivity index (χ3v) is 4.91. The van der Waals surface area contributed by atoms with E-state index in [4.69, 9.17) is 14.2 Å². The molecule has 140 valence electrons. The average Bonchev–Trinajstić information content (AvgIpc) is 3.14. The molecule has 0 atom stereocenters. The molecule has 1 aromatic heterocycles. The Morgan fingerprint density at radius 2 is 1.63 bits per heavy atom. The van der Waals surface area contributed by atoms with Crippen molar-refractivity contribution in [3.63, 3.8) is 0 Å². The van der Waals surface area contributed by atoms with Crippen molar-refractivity contribution < 1.29 is 14.2 Å². The average molecular weight is 383 g/mol. The van der Waals surface area contributed by atoms with E-state index in [2.05, 4.69) is 10.1 Å². The van der Waals surface area contributed by atoms with E-state index in [1.54, 1.807) is 39.3 Å². The fraction of sp³-hybridized carbons (Fsp3) is 0.200. The van der Waals surface area contributed by atoms with Crippen LogP contribution in [0.25, 0.3) is 11.3 Å². The lowest BCUT2D eigenvalue weighted by Crippen LogP contribution is -2.11. The summed E-state index contributed by atoms with van der Waals surface area (Å²) in [6.45, 7) is 0. The van der Waals surface area contributed by atoms with Crippen molar-refractivity contribution in [3.8, 4) is 28.5 Å². The highest BCUT2D eigenvalue weighted by molar-refractivity contribution is 7.07. The van der Waals surface area contributed by atoms with Gasteiger partial charge in [-0.3, -0.25) is 4.99 Å². The number of methoxy groups -OCH3 is 3. The predicted octanol–water partition coefficient (Wildman–Crippen LogP) is 3.66. The number of benzene rings is 2. The van der Waals surface area contributed by atoms with Gasteiger partial charge >= 0.3 is 0 Å². The number of hydrogen-bond donors (Lipinski definition) is 0. The topological polar surface area (TPSA) is 57.3 Å². The molecule has 27 heavy (non-hydrogen) atoms. The van der Waals surface area contributed by atoms with Crippen LogP contribution in [0, 0.1) is 0 Å². The third-order valence-electron chi connectivity index (χ3n) is 4.00. The molecule has 0 unspecified atom stereocenters. The van der Waals surface area contributed by atoms with Gasteiger partial charge in [0.1, 0.15) is 17.2 Å². The normalized spacial score (nSPS) is 11.8. The highest BCUT2D eigenvalue weighted by Gasteiger charge is 2.13. The lowest BCUT2D eigenvalue weighted by Gasteiger charge is -2.10. The van der Waals surface area contributed by atoms with Crippen molar-refractivity contribution in [2.75, 3.05) is 28.4 Å². The van der Waals surface area contributed by atoms with Gasteiger partial charge in [0.25, 0.3) is 0 Å². The van der Waals surface area contributed by atoms with Gasteiger partial charge in [0.2, 0.25) is 4.80 Å². The minimum Gasteiger partial charge on any atom is -0.497 e. The maximum absolute atomic E-state index is 5.54. The highest BCUT2D eigenvalue weighted by Crippen LogP contribution is 2.33. The van der Waals surface area contributed by atoms with Gasteiger partial charge in [0, 0.05) is 24.1 Å². The lowest BCUT2D eigenvalue weighted by atomic mass is 10.1. The van der Waals surface area contributed by atoms with Gasteiger partial charge in [-0.1, -0.05) is 0 Å². The summed E-state index contributed by atoms with van der Waals surface area (Å²) >= 11 is 1.52. The fourth-order valence-corrected chi connectivity index (χ4v) is 3.37. The molecule has 0 fully saturated rings. The SMILES string of the molecule is CN=c1scc(-c2ccc(OC)cc2OC)n1N=Cc1ccc(OC)cc1. The number of rotatable bonds is 6. The van der Waals surface area contributed by atoms with E-state index in [-0.39, 0.29) is 0 Å². The standard InChI is InChI=1S/C20H21N3O3S/c1-21-20-23(22-12-14-5-7-15(24-2)8-6-14)18(13-27-20)17-10-9-16(25-3)11-19(17)26-4/h5-13H,1-4H3. The Balaban J connectivity index is 2.04. The van der Waals surface area contributed by atoms with Crippen LogP contribution < -0.4 is 19.0 Å². The van der Waals surface area contributed by atoms with Gasteiger partial charge < -0.3 is 14.2 Å². The summed E-state index contributed by atoms with van der Waals surface area (Å²) in [6.07, 6.45) is 1.79. The van der Waals surface area contributed by atoms with Crippen LogP contribution in [0.15, 0.2) is 57.9 Å². The van der Waals surface area contributed by atoms with Crippen molar-refractivity contribution in [1.82, 2.24) is 4.68 Å². The summed E-state index contributed by atoms with van der Waals surface area (Å²) in [6, 6.07) is 13.4. The van der Waals surface area contributed by atoms with Crippen LogP contribution >= 0.6 is 11.3 Å². The first-order valence-electron chi connectivity index (χ1n) is 8.24. The minimum absolute atomic E-state index is 0.711. The molecular formula is C20H21N3O3S. The molecule has 0 amide bonds. The van der Waals surface area contributed by atoms with Crippen molar-refractivity contribution in [2.45, 2.75) is 0 Å². The Kier molecular flexibility index (Phi) is 5.93. The molecule has 0 radical (unpaired) electrons.